The van der Waals surface area contributed by atoms with Gasteiger partial charge in [-0.25, -0.2) is 0 Å². The molecule has 0 aliphatic rings. The molecule has 8 rings (SSSR count). The second-order valence-corrected chi connectivity index (χ2v) is 13.0. The van der Waals surface area contributed by atoms with E-state index in [1.807, 2.05) is 42.6 Å². The first-order valence-electron chi connectivity index (χ1n) is 17.7. The molecule has 0 saturated heterocycles. The summed E-state index contributed by atoms with van der Waals surface area (Å²) < 4.78 is 0. The Morgan fingerprint density at radius 1 is 0.472 bits per heavy atom. The zero-order chi connectivity index (χ0) is 36.0. The highest BCUT2D eigenvalue weighted by Crippen LogP contribution is 2.37. The van der Waals surface area contributed by atoms with E-state index in [1.54, 1.807) is 0 Å². The third-order valence-corrected chi connectivity index (χ3v) is 9.37. The lowest BCUT2D eigenvalue weighted by Gasteiger charge is -2.26. The van der Waals surface area contributed by atoms with Crippen LogP contribution < -0.4 is 9.80 Å². The van der Waals surface area contributed by atoms with Crippen molar-refractivity contribution in [3.63, 3.8) is 0 Å². The minimum absolute atomic E-state index is 0.643. The Morgan fingerprint density at radius 3 is 1.58 bits per heavy atom. The molecule has 0 spiro atoms. The van der Waals surface area contributed by atoms with Crippen LogP contribution in [-0.2, 0) is 0 Å². The van der Waals surface area contributed by atoms with Crippen LogP contribution in [0.5, 0.6) is 0 Å². The van der Waals surface area contributed by atoms with Crippen molar-refractivity contribution < 1.29 is 0 Å². The Kier molecular flexibility index (Phi) is 9.29. The lowest BCUT2D eigenvalue weighted by molar-refractivity contribution is 1.22. The van der Waals surface area contributed by atoms with E-state index in [1.165, 1.54) is 16.3 Å². The quantitative estimate of drug-likeness (QED) is 0.152. The van der Waals surface area contributed by atoms with E-state index < -0.39 is 0 Å². The van der Waals surface area contributed by atoms with Crippen LogP contribution in [0.25, 0.3) is 34.1 Å². The zero-order valence-electron chi connectivity index (χ0n) is 29.3. The lowest BCUT2D eigenvalue weighted by atomic mass is 9.99. The third-order valence-electron chi connectivity index (χ3n) is 9.37. The molecule has 53 heavy (non-hydrogen) atoms. The minimum atomic E-state index is 0.643. The first-order valence-corrected chi connectivity index (χ1v) is 17.7. The van der Waals surface area contributed by atoms with Gasteiger partial charge < -0.3 is 9.80 Å². The fraction of sp³-hybridized carbons (Fsp3) is 0.0204. The number of para-hydroxylation sites is 2. The van der Waals surface area contributed by atoms with Gasteiger partial charge in [0.1, 0.15) is 0 Å². The largest absolute Gasteiger partial charge is 0.311 e. The molecular weight excluding hydrogens is 645 g/mol. The molecule has 0 N–H and O–H groups in total. The molecule has 0 fully saturated rings. The average Bonchev–Trinajstić information content (AvgIpc) is 3.22. The molecular formula is C49H36N4. The van der Waals surface area contributed by atoms with Gasteiger partial charge in [0.15, 0.2) is 0 Å². The van der Waals surface area contributed by atoms with E-state index in [0.717, 1.165) is 56.5 Å². The number of benzene rings is 7. The monoisotopic (exact) mass is 680 g/mol. The number of aromatic nitrogens is 1. The topological polar surface area (TPSA) is 43.2 Å². The summed E-state index contributed by atoms with van der Waals surface area (Å²) in [6.45, 7) is 2.09. The van der Waals surface area contributed by atoms with Crippen molar-refractivity contribution >= 4 is 57.0 Å². The Morgan fingerprint density at radius 2 is 0.981 bits per heavy atom. The second-order valence-electron chi connectivity index (χ2n) is 13.0. The number of aryl methyl sites for hydroxylation is 1. The van der Waals surface area contributed by atoms with Gasteiger partial charge >= 0.3 is 0 Å². The molecule has 4 nitrogen and oxygen atoms in total. The highest BCUT2D eigenvalue weighted by atomic mass is 15.1. The van der Waals surface area contributed by atoms with Crippen LogP contribution in [0.15, 0.2) is 188 Å². The van der Waals surface area contributed by atoms with E-state index in [-0.39, 0.29) is 0 Å². The number of nitrogens with zero attached hydrogens (tertiary/aromatic N) is 4. The number of fused-ring (bicyclic) bond motifs is 1. The number of hydrogen-bond acceptors (Lipinski definition) is 4. The van der Waals surface area contributed by atoms with Gasteiger partial charge in [0.05, 0.1) is 29.2 Å². The summed E-state index contributed by atoms with van der Waals surface area (Å²) in [7, 11) is 0. The number of rotatable bonds is 9. The summed E-state index contributed by atoms with van der Waals surface area (Å²) in [5.74, 6) is 0. The van der Waals surface area contributed by atoms with Crippen molar-refractivity contribution in [2.75, 3.05) is 9.80 Å². The van der Waals surface area contributed by atoms with Crippen LogP contribution in [0.4, 0.5) is 34.1 Å². The summed E-state index contributed by atoms with van der Waals surface area (Å²) in [6, 6.07) is 65.2. The van der Waals surface area contributed by atoms with E-state index >= 15 is 0 Å². The van der Waals surface area contributed by atoms with E-state index in [4.69, 9.17) is 4.98 Å². The normalized spacial score (nSPS) is 11.0. The van der Waals surface area contributed by atoms with Crippen molar-refractivity contribution in [2.24, 2.45) is 0 Å². The third kappa shape index (κ3) is 7.32. The van der Waals surface area contributed by atoms with Gasteiger partial charge in [-0.2, -0.15) is 5.26 Å². The molecule has 0 unspecified atom stereocenters. The molecule has 1 aromatic heterocycles. The fourth-order valence-corrected chi connectivity index (χ4v) is 6.59. The van der Waals surface area contributed by atoms with Gasteiger partial charge in [-0.15, -0.1) is 0 Å². The molecule has 4 heteroatoms. The van der Waals surface area contributed by atoms with Crippen molar-refractivity contribution in [3.8, 4) is 17.2 Å². The molecule has 8 aromatic rings. The summed E-state index contributed by atoms with van der Waals surface area (Å²) in [4.78, 5) is 9.22. The van der Waals surface area contributed by atoms with Crippen molar-refractivity contribution in [1.29, 1.82) is 5.26 Å². The van der Waals surface area contributed by atoms with Crippen molar-refractivity contribution in [2.45, 2.75) is 6.92 Å². The van der Waals surface area contributed by atoms with Gasteiger partial charge in [0, 0.05) is 28.4 Å². The number of anilines is 6. The zero-order valence-corrected chi connectivity index (χ0v) is 29.3. The molecule has 0 saturated carbocycles. The Hall–Kier alpha value is -7.22. The predicted molar refractivity (Wildman–Crippen MR) is 221 cm³/mol. The molecule has 0 bridgehead atoms. The smallest absolute Gasteiger partial charge is 0.0991 e. The highest BCUT2D eigenvalue weighted by Gasteiger charge is 2.14. The Bertz CT molecular complexity index is 2500. The Balaban J connectivity index is 1.00. The molecule has 0 aliphatic carbocycles. The maximum absolute atomic E-state index is 9.33. The van der Waals surface area contributed by atoms with Gasteiger partial charge in [-0.05, 0) is 138 Å². The first kappa shape index (κ1) is 33.0. The van der Waals surface area contributed by atoms with E-state index in [0.29, 0.717) is 5.56 Å². The van der Waals surface area contributed by atoms with Crippen LogP contribution in [0.2, 0.25) is 0 Å². The summed E-state index contributed by atoms with van der Waals surface area (Å²) in [5.41, 5.74) is 12.5. The van der Waals surface area contributed by atoms with Crippen molar-refractivity contribution in [1.82, 2.24) is 4.98 Å². The lowest BCUT2D eigenvalue weighted by Crippen LogP contribution is -2.09. The Labute approximate surface area is 310 Å². The first-order chi connectivity index (χ1) is 26.1. The SMILES string of the molecule is Cc1ccc(N(c2ccc(C#N)cc2)c2ccc(-c3ccc4cc(/C=C/c5ccc(N(c6ccccc6)c6ccccc6)cn5)ccc4c3)cc2)cc1. The number of hydrogen-bond donors (Lipinski definition) is 0. The molecule has 252 valence electrons. The highest BCUT2D eigenvalue weighted by molar-refractivity contribution is 5.90. The maximum Gasteiger partial charge on any atom is 0.0991 e. The van der Waals surface area contributed by atoms with Gasteiger partial charge in [0.25, 0.3) is 0 Å². The molecule has 7 aromatic carbocycles. The fourth-order valence-electron chi connectivity index (χ4n) is 6.59. The van der Waals surface area contributed by atoms with Crippen LogP contribution in [0, 0.1) is 18.3 Å². The summed E-state index contributed by atoms with van der Waals surface area (Å²) >= 11 is 0. The van der Waals surface area contributed by atoms with Crippen LogP contribution >= 0.6 is 0 Å². The maximum atomic E-state index is 9.33. The van der Waals surface area contributed by atoms with Crippen molar-refractivity contribution in [3.05, 3.63) is 211 Å². The van der Waals surface area contributed by atoms with Gasteiger partial charge in [0.2, 0.25) is 0 Å². The van der Waals surface area contributed by atoms with E-state index in [9.17, 15) is 5.26 Å². The number of nitriles is 1. The predicted octanol–water partition coefficient (Wildman–Crippen LogP) is 13.2. The average molecular weight is 681 g/mol. The van der Waals surface area contributed by atoms with Crippen LogP contribution in [-0.4, -0.2) is 4.98 Å². The molecule has 0 amide bonds. The van der Waals surface area contributed by atoms with E-state index in [2.05, 4.69) is 181 Å². The summed E-state index contributed by atoms with van der Waals surface area (Å²) in [6.07, 6.45) is 6.11. The molecule has 0 aliphatic heterocycles. The number of pyridine rings is 1. The molecule has 1 heterocycles. The molecule has 0 radical (unpaired) electrons. The molecule has 0 atom stereocenters. The van der Waals surface area contributed by atoms with Crippen LogP contribution in [0.1, 0.15) is 22.4 Å². The second kappa shape index (κ2) is 14.9. The van der Waals surface area contributed by atoms with Crippen LogP contribution in [0.3, 0.4) is 0 Å². The standard InChI is InChI=1S/C49H36N4/c1-36-12-25-46(26-13-36)52(47-27-16-38(34-50)17-28-47)48-29-21-39(22-30-48)41-20-19-40-32-37(14-18-42(40)33-41)15-23-43-24-31-49(35-51-43)53(44-8-4-2-5-9-44)45-10-6-3-7-11-45/h2-33,35H,1H3/b23-15+. The minimum Gasteiger partial charge on any atom is -0.311 e. The van der Waals surface area contributed by atoms with Gasteiger partial charge in [-0.3, -0.25) is 4.98 Å². The summed E-state index contributed by atoms with van der Waals surface area (Å²) in [5, 5.41) is 11.7. The van der Waals surface area contributed by atoms with Gasteiger partial charge in [-0.1, -0.05) is 96.6 Å².